The van der Waals surface area contributed by atoms with Crippen molar-refractivity contribution < 1.29 is 14.6 Å². The number of aliphatic imine (C=N–C) groups is 1. The molecule has 0 aliphatic carbocycles. The molecule has 35 heavy (non-hydrogen) atoms. The lowest BCUT2D eigenvalue weighted by Crippen LogP contribution is -1.96. The normalized spacial score (nSPS) is 11.4. The third-order valence-electron chi connectivity index (χ3n) is 5.31. The Morgan fingerprint density at radius 1 is 0.657 bits per heavy atom. The minimum absolute atomic E-state index is 0.131. The van der Waals surface area contributed by atoms with Gasteiger partial charge in [0.05, 0.1) is 30.3 Å². The molecule has 3 aromatic rings. The van der Waals surface area contributed by atoms with Crippen molar-refractivity contribution >= 4 is 23.3 Å². The van der Waals surface area contributed by atoms with Gasteiger partial charge < -0.3 is 14.6 Å². The highest BCUT2D eigenvalue weighted by molar-refractivity contribution is 5.86. The number of phenolic OH excluding ortho intramolecular Hbond substituents is 1. The van der Waals surface area contributed by atoms with Gasteiger partial charge in [0.1, 0.15) is 17.2 Å². The molecule has 1 N–H and O–H groups in total. The summed E-state index contributed by atoms with van der Waals surface area (Å²) in [5.41, 5.74) is 2.69. The fourth-order valence-corrected chi connectivity index (χ4v) is 3.32. The van der Waals surface area contributed by atoms with E-state index in [1.54, 1.807) is 24.4 Å². The first-order valence-corrected chi connectivity index (χ1v) is 12.4. The van der Waals surface area contributed by atoms with Crippen molar-refractivity contribution in [1.29, 1.82) is 0 Å². The van der Waals surface area contributed by atoms with Crippen LogP contribution in [0.1, 0.15) is 57.9 Å². The van der Waals surface area contributed by atoms with E-state index < -0.39 is 0 Å². The largest absolute Gasteiger partial charge is 0.507 e. The summed E-state index contributed by atoms with van der Waals surface area (Å²) in [4.78, 5) is 4.45. The van der Waals surface area contributed by atoms with Crippen LogP contribution in [0.4, 0.5) is 17.1 Å². The molecular formula is C29H35N3O3. The fourth-order valence-electron chi connectivity index (χ4n) is 3.32. The highest BCUT2D eigenvalue weighted by Gasteiger charge is 2.02. The Morgan fingerprint density at radius 3 is 1.94 bits per heavy atom. The third kappa shape index (κ3) is 9.24. The van der Waals surface area contributed by atoms with Crippen LogP contribution in [0.5, 0.6) is 17.2 Å². The minimum Gasteiger partial charge on any atom is -0.507 e. The molecule has 6 nitrogen and oxygen atoms in total. The lowest BCUT2D eigenvalue weighted by Gasteiger charge is -2.06. The number of nitrogens with zero attached hydrogens (tertiary/aromatic N) is 3. The Kier molecular flexibility index (Phi) is 10.8. The van der Waals surface area contributed by atoms with Gasteiger partial charge in [0.25, 0.3) is 0 Å². The zero-order chi connectivity index (χ0) is 24.7. The van der Waals surface area contributed by atoms with Crippen molar-refractivity contribution in [1.82, 2.24) is 0 Å². The van der Waals surface area contributed by atoms with Crippen molar-refractivity contribution in [3.05, 3.63) is 72.3 Å². The van der Waals surface area contributed by atoms with Crippen LogP contribution in [0.3, 0.4) is 0 Å². The van der Waals surface area contributed by atoms with Gasteiger partial charge in [0.2, 0.25) is 0 Å². The lowest BCUT2D eigenvalue weighted by atomic mass is 10.2. The van der Waals surface area contributed by atoms with Crippen LogP contribution in [0.2, 0.25) is 0 Å². The molecule has 0 bridgehead atoms. The van der Waals surface area contributed by atoms with Crippen LogP contribution in [-0.4, -0.2) is 24.5 Å². The summed E-state index contributed by atoms with van der Waals surface area (Å²) in [6.07, 6.45) is 8.67. The van der Waals surface area contributed by atoms with Gasteiger partial charge in [-0.15, -0.1) is 0 Å². The van der Waals surface area contributed by atoms with E-state index in [1.807, 2.05) is 48.5 Å². The molecule has 0 saturated carbocycles. The summed E-state index contributed by atoms with van der Waals surface area (Å²) in [5.74, 6) is 1.79. The number of unbranched alkanes of at least 4 members (excludes halogenated alkanes) is 4. The second kappa shape index (κ2) is 14.6. The third-order valence-corrected chi connectivity index (χ3v) is 5.31. The van der Waals surface area contributed by atoms with Crippen LogP contribution in [0, 0.1) is 0 Å². The molecule has 3 aromatic carbocycles. The van der Waals surface area contributed by atoms with Gasteiger partial charge in [-0.05, 0) is 79.6 Å². The van der Waals surface area contributed by atoms with E-state index in [0.717, 1.165) is 42.3 Å². The van der Waals surface area contributed by atoms with Crippen molar-refractivity contribution in [3.8, 4) is 17.2 Å². The fraction of sp³-hybridized carbons (Fsp3) is 0.345. The maximum atomic E-state index is 10.2. The van der Waals surface area contributed by atoms with Gasteiger partial charge in [0.15, 0.2) is 0 Å². The number of azo groups is 1. The quantitative estimate of drug-likeness (QED) is 0.144. The first kappa shape index (κ1) is 25.9. The molecule has 0 unspecified atom stereocenters. The predicted molar refractivity (Wildman–Crippen MR) is 142 cm³/mol. The zero-order valence-electron chi connectivity index (χ0n) is 20.7. The summed E-state index contributed by atoms with van der Waals surface area (Å²) in [6, 6.07) is 20.2. The van der Waals surface area contributed by atoms with E-state index >= 15 is 0 Å². The first-order chi connectivity index (χ1) is 17.2. The molecule has 0 aliphatic rings. The summed E-state index contributed by atoms with van der Waals surface area (Å²) in [7, 11) is 0. The zero-order valence-corrected chi connectivity index (χ0v) is 20.7. The van der Waals surface area contributed by atoms with Crippen LogP contribution in [0.25, 0.3) is 0 Å². The molecule has 184 valence electrons. The summed E-state index contributed by atoms with van der Waals surface area (Å²) in [6.45, 7) is 5.71. The van der Waals surface area contributed by atoms with E-state index in [-0.39, 0.29) is 5.75 Å². The number of aromatic hydroxyl groups is 1. The Hall–Kier alpha value is -3.67. The maximum absolute atomic E-state index is 10.2. The lowest BCUT2D eigenvalue weighted by molar-refractivity contribution is 0.304. The predicted octanol–water partition coefficient (Wildman–Crippen LogP) is 8.70. The van der Waals surface area contributed by atoms with Gasteiger partial charge in [-0.2, -0.15) is 10.2 Å². The van der Waals surface area contributed by atoms with Crippen LogP contribution in [0.15, 0.2) is 82.0 Å². The maximum Gasteiger partial charge on any atom is 0.124 e. The van der Waals surface area contributed by atoms with Crippen LogP contribution >= 0.6 is 0 Å². The number of phenols is 1. The molecule has 0 atom stereocenters. The van der Waals surface area contributed by atoms with E-state index in [9.17, 15) is 5.11 Å². The topological polar surface area (TPSA) is 75.8 Å². The average molecular weight is 474 g/mol. The van der Waals surface area contributed by atoms with Gasteiger partial charge in [-0.3, -0.25) is 4.99 Å². The average Bonchev–Trinajstić information content (AvgIpc) is 2.89. The highest BCUT2D eigenvalue weighted by atomic mass is 16.5. The van der Waals surface area contributed by atoms with Crippen LogP contribution < -0.4 is 9.47 Å². The molecule has 0 spiro atoms. The Morgan fingerprint density at radius 2 is 1.26 bits per heavy atom. The van der Waals surface area contributed by atoms with Crippen molar-refractivity contribution in [2.24, 2.45) is 15.2 Å². The number of rotatable bonds is 14. The Labute approximate surface area is 208 Å². The van der Waals surface area contributed by atoms with Crippen molar-refractivity contribution in [2.75, 3.05) is 13.2 Å². The smallest absolute Gasteiger partial charge is 0.124 e. The number of hydrogen-bond acceptors (Lipinski definition) is 6. The van der Waals surface area contributed by atoms with Gasteiger partial charge in [-0.25, -0.2) is 0 Å². The molecule has 3 rings (SSSR count). The summed E-state index contributed by atoms with van der Waals surface area (Å²) in [5, 5.41) is 18.8. The first-order valence-electron chi connectivity index (χ1n) is 12.4. The molecular weight excluding hydrogens is 438 g/mol. The molecule has 0 saturated heterocycles. The minimum atomic E-state index is 0.131. The number of hydrogen-bond donors (Lipinski definition) is 1. The van der Waals surface area contributed by atoms with Gasteiger partial charge in [-0.1, -0.05) is 39.5 Å². The Bertz CT molecular complexity index is 1080. The Balaban J connectivity index is 1.55. The summed E-state index contributed by atoms with van der Waals surface area (Å²) < 4.78 is 11.4. The van der Waals surface area contributed by atoms with E-state index in [1.165, 1.54) is 25.7 Å². The molecule has 6 heteroatoms. The molecule has 0 fully saturated rings. The molecule has 0 aromatic heterocycles. The van der Waals surface area contributed by atoms with E-state index in [4.69, 9.17) is 9.47 Å². The monoisotopic (exact) mass is 473 g/mol. The molecule has 0 heterocycles. The molecule has 0 aliphatic heterocycles. The SMILES string of the molecule is CCCCCCCOc1ccc(N=Nc2ccc(O)c(C=Nc3ccc(OCCC)cc3)c2)cc1. The van der Waals surface area contributed by atoms with E-state index in [2.05, 4.69) is 29.1 Å². The van der Waals surface area contributed by atoms with E-state index in [0.29, 0.717) is 17.9 Å². The summed E-state index contributed by atoms with van der Waals surface area (Å²) >= 11 is 0. The van der Waals surface area contributed by atoms with Crippen molar-refractivity contribution in [3.63, 3.8) is 0 Å². The number of benzene rings is 3. The number of ether oxygens (including phenoxy) is 2. The highest BCUT2D eigenvalue weighted by Crippen LogP contribution is 2.26. The second-order valence-corrected chi connectivity index (χ2v) is 8.30. The molecule has 0 amide bonds. The molecule has 0 radical (unpaired) electrons. The standard InChI is InChI=1S/C29H35N3O3/c1-3-5-6-7-8-20-35-28-16-11-25(12-17-28)31-32-26-13-18-29(33)23(21-26)22-30-24-9-14-27(15-10-24)34-19-4-2/h9-18,21-22,33H,3-8,19-20H2,1-2H3. The van der Waals surface area contributed by atoms with Gasteiger partial charge >= 0.3 is 0 Å². The van der Waals surface area contributed by atoms with Crippen LogP contribution in [-0.2, 0) is 0 Å². The van der Waals surface area contributed by atoms with Crippen molar-refractivity contribution in [2.45, 2.75) is 52.4 Å². The second-order valence-electron chi connectivity index (χ2n) is 8.30. The van der Waals surface area contributed by atoms with Gasteiger partial charge in [0, 0.05) is 11.8 Å².